The Hall–Kier alpha value is -2.50. The van der Waals surface area contributed by atoms with E-state index in [1.807, 2.05) is 13.0 Å². The lowest BCUT2D eigenvalue weighted by atomic mass is 9.81. The highest BCUT2D eigenvalue weighted by Crippen LogP contribution is 2.38. The third kappa shape index (κ3) is 3.25. The number of ketones is 1. The van der Waals surface area contributed by atoms with Gasteiger partial charge in [-0.25, -0.2) is 0 Å². The minimum atomic E-state index is -0.528. The average Bonchev–Trinajstić information content (AvgIpc) is 2.93. The van der Waals surface area contributed by atoms with Gasteiger partial charge in [0, 0.05) is 13.0 Å². The average molecular weight is 383 g/mol. The fourth-order valence-corrected chi connectivity index (χ4v) is 4.82. The number of hydrogen-bond acceptors (Lipinski definition) is 5. The van der Waals surface area contributed by atoms with E-state index in [2.05, 4.69) is 0 Å². The molecule has 1 aromatic rings. The summed E-state index contributed by atoms with van der Waals surface area (Å²) in [6, 6.07) is 3.52. The second-order valence-electron chi connectivity index (χ2n) is 8.06. The van der Waals surface area contributed by atoms with Crippen molar-refractivity contribution < 1.29 is 23.9 Å². The number of carbonyl (C=O) groups excluding carboxylic acids is 4. The molecule has 2 amide bonds. The van der Waals surface area contributed by atoms with Crippen molar-refractivity contribution >= 4 is 23.6 Å². The van der Waals surface area contributed by atoms with Gasteiger partial charge in [-0.05, 0) is 49.8 Å². The second kappa shape index (κ2) is 7.49. The van der Waals surface area contributed by atoms with Crippen LogP contribution in [0.5, 0.6) is 5.75 Å². The molecule has 28 heavy (non-hydrogen) atoms. The van der Waals surface area contributed by atoms with Gasteiger partial charge in [-0.2, -0.15) is 0 Å². The second-order valence-corrected chi connectivity index (χ2v) is 8.06. The van der Waals surface area contributed by atoms with Crippen LogP contribution in [-0.2, 0) is 20.8 Å². The Morgan fingerprint density at radius 2 is 1.71 bits per heavy atom. The van der Waals surface area contributed by atoms with Crippen LogP contribution >= 0.6 is 0 Å². The number of likely N-dealkylation sites (tertiary alicyclic amines) is 1. The Morgan fingerprint density at radius 1 is 1.04 bits per heavy atom. The van der Waals surface area contributed by atoms with Crippen LogP contribution in [-0.4, -0.2) is 35.0 Å². The van der Waals surface area contributed by atoms with E-state index >= 15 is 0 Å². The minimum Gasteiger partial charge on any atom is -0.426 e. The summed E-state index contributed by atoms with van der Waals surface area (Å²) in [5, 5.41) is 0. The van der Waals surface area contributed by atoms with Crippen LogP contribution < -0.4 is 4.74 Å². The van der Waals surface area contributed by atoms with Crippen molar-refractivity contribution in [2.45, 2.75) is 58.3 Å². The van der Waals surface area contributed by atoms with Gasteiger partial charge >= 0.3 is 5.97 Å². The first kappa shape index (κ1) is 18.8. The zero-order valence-electron chi connectivity index (χ0n) is 16.2. The van der Waals surface area contributed by atoms with E-state index in [0.717, 1.165) is 49.7 Å². The Kier molecular flexibility index (Phi) is 5.04. The third-order valence-corrected chi connectivity index (χ3v) is 6.31. The van der Waals surface area contributed by atoms with E-state index in [9.17, 15) is 19.2 Å². The van der Waals surface area contributed by atoms with Gasteiger partial charge in [-0.3, -0.25) is 24.1 Å². The van der Waals surface area contributed by atoms with E-state index in [1.54, 1.807) is 6.07 Å². The number of nitrogens with zero attached hydrogens (tertiary/aromatic N) is 1. The molecule has 1 heterocycles. The lowest BCUT2D eigenvalue weighted by Crippen LogP contribution is -2.33. The number of Topliss-reactive ketones (excluding diaryl/α,β-unsaturated/α-hetero) is 1. The molecule has 6 heteroatoms. The van der Waals surface area contributed by atoms with Crippen molar-refractivity contribution in [2.24, 2.45) is 11.8 Å². The van der Waals surface area contributed by atoms with Gasteiger partial charge < -0.3 is 4.74 Å². The van der Waals surface area contributed by atoms with Gasteiger partial charge in [0.15, 0.2) is 5.78 Å². The van der Waals surface area contributed by atoms with E-state index in [0.29, 0.717) is 17.7 Å². The number of rotatable bonds is 4. The number of carbonyl (C=O) groups is 4. The summed E-state index contributed by atoms with van der Waals surface area (Å²) in [6.45, 7) is 2.00. The van der Waals surface area contributed by atoms with Crippen LogP contribution in [0, 0.1) is 18.8 Å². The summed E-state index contributed by atoms with van der Waals surface area (Å²) in [5.41, 5.74) is 2.49. The predicted octanol–water partition coefficient (Wildman–Crippen LogP) is 2.98. The maximum absolute atomic E-state index is 12.5. The van der Waals surface area contributed by atoms with Crippen LogP contribution in [0.1, 0.15) is 66.4 Å². The first-order valence-electron chi connectivity index (χ1n) is 10.2. The smallest absolute Gasteiger partial charge is 0.313 e. The van der Waals surface area contributed by atoms with E-state index in [1.165, 1.54) is 4.90 Å². The zero-order chi connectivity index (χ0) is 19.8. The summed E-state index contributed by atoms with van der Waals surface area (Å²) < 4.78 is 5.48. The van der Waals surface area contributed by atoms with E-state index in [-0.39, 0.29) is 42.4 Å². The summed E-state index contributed by atoms with van der Waals surface area (Å²) in [6.07, 6.45) is 5.48. The van der Waals surface area contributed by atoms with Crippen LogP contribution in [0.15, 0.2) is 12.1 Å². The Bertz CT molecular complexity index is 835. The molecule has 1 aromatic carbocycles. The molecule has 0 unspecified atom stereocenters. The van der Waals surface area contributed by atoms with Gasteiger partial charge in [-0.15, -0.1) is 0 Å². The molecule has 0 bridgehead atoms. The number of amides is 2. The van der Waals surface area contributed by atoms with Gasteiger partial charge in [-0.1, -0.05) is 18.9 Å². The highest BCUT2D eigenvalue weighted by Gasteiger charge is 2.47. The van der Waals surface area contributed by atoms with Gasteiger partial charge in [0.05, 0.1) is 23.8 Å². The molecule has 6 nitrogen and oxygen atoms in total. The van der Waals surface area contributed by atoms with Crippen LogP contribution in [0.2, 0.25) is 0 Å². The van der Waals surface area contributed by atoms with Crippen molar-refractivity contribution in [1.82, 2.24) is 4.90 Å². The third-order valence-electron chi connectivity index (χ3n) is 6.31. The monoisotopic (exact) mass is 383 g/mol. The number of fused-ring (bicyclic) bond motifs is 2. The molecule has 2 aliphatic carbocycles. The number of benzene rings is 1. The molecule has 4 rings (SSSR count). The number of hydrogen-bond donors (Lipinski definition) is 0. The molecule has 0 spiro atoms. The van der Waals surface area contributed by atoms with Crippen LogP contribution in [0.3, 0.4) is 0 Å². The molecule has 2 fully saturated rings. The normalized spacial score (nSPS) is 24.2. The summed E-state index contributed by atoms with van der Waals surface area (Å²) in [7, 11) is 0. The molecule has 0 radical (unpaired) electrons. The SMILES string of the molecule is Cc1ccc(OC(=O)CCN2C(=O)[C@@H]3CCCC[C@H]3C2=O)c2c1CCCC2=O. The molecular weight excluding hydrogens is 358 g/mol. The summed E-state index contributed by atoms with van der Waals surface area (Å²) in [4.78, 5) is 51.0. The fraction of sp³-hybridized carbons (Fsp3) is 0.545. The standard InChI is InChI=1S/C22H25NO5/c1-13-9-10-18(20-14(13)7-4-8-17(20)24)28-19(25)11-12-23-21(26)15-5-2-3-6-16(15)22(23)27/h9-10,15-16H,2-8,11-12H2,1H3/t15-,16-/m1/s1. The topological polar surface area (TPSA) is 80.8 Å². The van der Waals surface area contributed by atoms with Gasteiger partial charge in [0.2, 0.25) is 11.8 Å². The summed E-state index contributed by atoms with van der Waals surface area (Å²) >= 11 is 0. The maximum Gasteiger partial charge on any atom is 0.313 e. The first-order valence-corrected chi connectivity index (χ1v) is 10.2. The fourth-order valence-electron chi connectivity index (χ4n) is 4.82. The number of aryl methyl sites for hydroxylation is 1. The Morgan fingerprint density at radius 3 is 2.39 bits per heavy atom. The Labute approximate surface area is 164 Å². The highest BCUT2D eigenvalue weighted by molar-refractivity contribution is 6.05. The quantitative estimate of drug-likeness (QED) is 0.454. The number of imide groups is 1. The van der Waals surface area contributed by atoms with Crippen molar-refractivity contribution in [3.63, 3.8) is 0 Å². The minimum absolute atomic E-state index is 0.00160. The molecule has 0 N–H and O–H groups in total. The molecule has 1 saturated carbocycles. The number of esters is 1. The molecule has 1 aliphatic heterocycles. The molecular formula is C22H25NO5. The molecule has 0 aromatic heterocycles. The number of ether oxygens (including phenoxy) is 1. The van der Waals surface area contributed by atoms with Gasteiger partial charge in [0.25, 0.3) is 0 Å². The first-order chi connectivity index (χ1) is 13.5. The largest absolute Gasteiger partial charge is 0.426 e. The van der Waals surface area contributed by atoms with Crippen LogP contribution in [0.4, 0.5) is 0 Å². The predicted molar refractivity (Wildman–Crippen MR) is 101 cm³/mol. The Balaban J connectivity index is 1.43. The molecule has 2 atom stereocenters. The molecule has 3 aliphatic rings. The van der Waals surface area contributed by atoms with Crippen LogP contribution in [0.25, 0.3) is 0 Å². The molecule has 1 saturated heterocycles. The lowest BCUT2D eigenvalue weighted by molar-refractivity contribution is -0.141. The summed E-state index contributed by atoms with van der Waals surface area (Å²) in [5.74, 6) is -0.946. The molecule has 148 valence electrons. The van der Waals surface area contributed by atoms with Crippen molar-refractivity contribution in [1.29, 1.82) is 0 Å². The van der Waals surface area contributed by atoms with E-state index in [4.69, 9.17) is 4.74 Å². The lowest BCUT2D eigenvalue weighted by Gasteiger charge is -2.20. The highest BCUT2D eigenvalue weighted by atomic mass is 16.5. The van der Waals surface area contributed by atoms with Crippen molar-refractivity contribution in [2.75, 3.05) is 6.54 Å². The van der Waals surface area contributed by atoms with Crippen molar-refractivity contribution in [3.05, 3.63) is 28.8 Å². The van der Waals surface area contributed by atoms with Crippen molar-refractivity contribution in [3.8, 4) is 5.75 Å². The van der Waals surface area contributed by atoms with E-state index < -0.39 is 5.97 Å². The zero-order valence-corrected chi connectivity index (χ0v) is 16.2. The van der Waals surface area contributed by atoms with Gasteiger partial charge in [0.1, 0.15) is 5.75 Å². The maximum atomic E-state index is 12.5.